The summed E-state index contributed by atoms with van der Waals surface area (Å²) in [6.07, 6.45) is 0. The maximum Gasteiger partial charge on any atom is 0.255 e. The molecule has 1 fully saturated rings. The number of benzene rings is 3. The maximum atomic E-state index is 12.6. The van der Waals surface area contributed by atoms with Gasteiger partial charge in [0.1, 0.15) is 0 Å². The van der Waals surface area contributed by atoms with Crippen LogP contribution in [0.1, 0.15) is 10.4 Å². The molecule has 2 atom stereocenters. The Hall–Kier alpha value is -3.10. The van der Waals surface area contributed by atoms with Crippen LogP contribution in [0.5, 0.6) is 0 Å². The minimum Gasteiger partial charge on any atom is -0.335 e. The summed E-state index contributed by atoms with van der Waals surface area (Å²) in [4.78, 5) is 17.1. The molecule has 0 bridgehead atoms. The number of hydrogen-bond donors (Lipinski definition) is 2. The van der Waals surface area contributed by atoms with Gasteiger partial charge in [0.05, 0.1) is 17.5 Å². The Kier molecular flexibility index (Phi) is 5.48. The van der Waals surface area contributed by atoms with Gasteiger partial charge >= 0.3 is 0 Å². The van der Waals surface area contributed by atoms with Gasteiger partial charge in [-0.1, -0.05) is 54.2 Å². The third-order valence-electron chi connectivity index (χ3n) is 5.47. The predicted octanol–water partition coefficient (Wildman–Crippen LogP) is 4.29. The maximum absolute atomic E-state index is 12.6. The fourth-order valence-corrected chi connectivity index (χ4v) is 7.50. The first kappa shape index (κ1) is 20.8. The van der Waals surface area contributed by atoms with E-state index in [4.69, 9.17) is 0 Å². The van der Waals surface area contributed by atoms with Gasteiger partial charge in [-0.15, -0.1) is 0 Å². The Morgan fingerprint density at radius 3 is 2.19 bits per heavy atom. The zero-order valence-corrected chi connectivity index (χ0v) is 18.7. The van der Waals surface area contributed by atoms with Crippen LogP contribution >= 0.6 is 11.8 Å². The number of nitrogens with zero attached hydrogens (tertiary/aromatic N) is 1. The molecule has 2 aliphatic rings. The zero-order valence-electron chi connectivity index (χ0n) is 17.1. The first-order chi connectivity index (χ1) is 15.4. The molecule has 2 heterocycles. The number of anilines is 2. The highest BCUT2D eigenvalue weighted by molar-refractivity contribution is 8.15. The largest absolute Gasteiger partial charge is 0.335 e. The van der Waals surface area contributed by atoms with E-state index in [9.17, 15) is 13.2 Å². The van der Waals surface area contributed by atoms with Crippen LogP contribution in [-0.2, 0) is 9.84 Å². The van der Waals surface area contributed by atoms with E-state index in [1.165, 1.54) is 11.8 Å². The van der Waals surface area contributed by atoms with Crippen LogP contribution < -0.4 is 10.6 Å². The number of rotatable bonds is 4. The van der Waals surface area contributed by atoms with Crippen molar-refractivity contribution in [3.63, 3.8) is 0 Å². The van der Waals surface area contributed by atoms with Crippen molar-refractivity contribution in [2.24, 2.45) is 4.99 Å². The molecule has 0 spiro atoms. The number of carbonyl (C=O) groups is 1. The van der Waals surface area contributed by atoms with Crippen LogP contribution in [0, 0.1) is 0 Å². The molecule has 162 valence electrons. The van der Waals surface area contributed by atoms with E-state index in [1.807, 2.05) is 66.7 Å². The lowest BCUT2D eigenvalue weighted by molar-refractivity contribution is 0.102. The quantitative estimate of drug-likeness (QED) is 0.603. The van der Waals surface area contributed by atoms with Crippen LogP contribution in [0.2, 0.25) is 0 Å². The highest BCUT2D eigenvalue weighted by Gasteiger charge is 2.42. The van der Waals surface area contributed by atoms with Gasteiger partial charge in [0.25, 0.3) is 5.91 Å². The highest BCUT2D eigenvalue weighted by Crippen LogP contribution is 2.34. The molecular weight excluding hydrogens is 442 g/mol. The Morgan fingerprint density at radius 1 is 0.844 bits per heavy atom. The summed E-state index contributed by atoms with van der Waals surface area (Å²) in [6.45, 7) is 0. The molecule has 1 amide bonds. The third kappa shape index (κ3) is 4.56. The molecule has 0 saturated carbocycles. The van der Waals surface area contributed by atoms with E-state index in [2.05, 4.69) is 15.6 Å². The van der Waals surface area contributed by atoms with Gasteiger partial charge < -0.3 is 10.6 Å². The van der Waals surface area contributed by atoms with Gasteiger partial charge in [-0.05, 0) is 47.5 Å². The molecule has 1 saturated heterocycles. The van der Waals surface area contributed by atoms with Crippen molar-refractivity contribution in [2.75, 3.05) is 22.1 Å². The standard InChI is InChI=1S/C24H21N3O3S2/c28-23(25-19-10-6-17(7-11-19)16-4-2-1-3-5-16)18-8-12-20(13-9-18)26-24-27-21-14-32(29,30)15-22(21)31-24/h1-13,21-22H,14-15H2,(H,25,28)(H,26,27)/t21-,22+/m1/s1. The van der Waals surface area contributed by atoms with Crippen LogP contribution in [0.15, 0.2) is 83.9 Å². The number of amides is 1. The average molecular weight is 464 g/mol. The van der Waals surface area contributed by atoms with Crippen molar-refractivity contribution < 1.29 is 13.2 Å². The lowest BCUT2D eigenvalue weighted by Crippen LogP contribution is -2.13. The summed E-state index contributed by atoms with van der Waals surface area (Å²) < 4.78 is 23.4. The highest BCUT2D eigenvalue weighted by atomic mass is 32.2. The predicted molar refractivity (Wildman–Crippen MR) is 131 cm³/mol. The van der Waals surface area contributed by atoms with Crippen LogP contribution in [0.4, 0.5) is 11.4 Å². The van der Waals surface area contributed by atoms with E-state index < -0.39 is 9.84 Å². The molecule has 5 rings (SSSR count). The second-order valence-corrected chi connectivity index (χ2v) is 11.2. The van der Waals surface area contributed by atoms with E-state index in [1.54, 1.807) is 12.1 Å². The van der Waals surface area contributed by atoms with E-state index in [0.29, 0.717) is 5.56 Å². The summed E-state index contributed by atoms with van der Waals surface area (Å²) in [5.41, 5.74) is 4.31. The number of sulfone groups is 1. The third-order valence-corrected chi connectivity index (χ3v) is 8.61. The molecule has 2 aliphatic heterocycles. The smallest absolute Gasteiger partial charge is 0.255 e. The van der Waals surface area contributed by atoms with Crippen LogP contribution in [-0.4, -0.2) is 42.3 Å². The lowest BCUT2D eigenvalue weighted by atomic mass is 10.1. The fourth-order valence-electron chi connectivity index (χ4n) is 3.82. The first-order valence-corrected chi connectivity index (χ1v) is 12.9. The van der Waals surface area contributed by atoms with Crippen molar-refractivity contribution in [1.29, 1.82) is 0 Å². The Balaban J connectivity index is 1.20. The number of hydrogen-bond acceptors (Lipinski definition) is 6. The second-order valence-electron chi connectivity index (χ2n) is 7.83. The average Bonchev–Trinajstić information content (AvgIpc) is 3.28. The number of amidine groups is 1. The van der Waals surface area contributed by atoms with Gasteiger partial charge in [0, 0.05) is 22.2 Å². The molecule has 0 aliphatic carbocycles. The summed E-state index contributed by atoms with van der Waals surface area (Å²) in [7, 11) is -2.96. The molecule has 8 heteroatoms. The van der Waals surface area contributed by atoms with Gasteiger partial charge in [0.2, 0.25) is 0 Å². The zero-order chi connectivity index (χ0) is 22.1. The molecule has 0 aromatic heterocycles. The molecular formula is C24H21N3O3S2. The summed E-state index contributed by atoms with van der Waals surface area (Å²) >= 11 is 1.47. The van der Waals surface area contributed by atoms with Gasteiger partial charge in [-0.25, -0.2) is 8.42 Å². The van der Waals surface area contributed by atoms with Gasteiger partial charge in [-0.3, -0.25) is 9.79 Å². The molecule has 3 aromatic carbocycles. The molecule has 2 N–H and O–H groups in total. The topological polar surface area (TPSA) is 87.6 Å². The summed E-state index contributed by atoms with van der Waals surface area (Å²) in [6, 6.07) is 24.8. The first-order valence-electron chi connectivity index (χ1n) is 10.2. The monoisotopic (exact) mass is 463 g/mol. The SMILES string of the molecule is O=C(Nc1ccc(-c2ccccc2)cc1)c1ccc(NC2=N[C@@H]3CS(=O)(=O)C[C@@H]3S2)cc1. The molecule has 0 radical (unpaired) electrons. The van der Waals surface area contributed by atoms with Gasteiger partial charge in [0.15, 0.2) is 15.0 Å². The van der Waals surface area contributed by atoms with E-state index in [0.717, 1.165) is 27.7 Å². The number of carbonyl (C=O) groups excluding carboxylic acids is 1. The Labute approximate surface area is 191 Å². The van der Waals surface area contributed by atoms with Crippen molar-refractivity contribution in [3.05, 3.63) is 84.4 Å². The molecule has 0 unspecified atom stereocenters. The molecule has 6 nitrogen and oxygen atoms in total. The Bertz CT molecular complexity index is 1270. The lowest BCUT2D eigenvalue weighted by Gasteiger charge is -2.09. The van der Waals surface area contributed by atoms with E-state index in [-0.39, 0.29) is 28.7 Å². The second kappa shape index (κ2) is 8.44. The molecule has 3 aromatic rings. The fraction of sp³-hybridized carbons (Fsp3) is 0.167. The summed E-state index contributed by atoms with van der Waals surface area (Å²) in [5, 5.41) is 6.87. The van der Waals surface area contributed by atoms with E-state index >= 15 is 0 Å². The minimum absolute atomic E-state index is 0.000769. The van der Waals surface area contributed by atoms with Crippen molar-refractivity contribution in [3.8, 4) is 11.1 Å². The van der Waals surface area contributed by atoms with Crippen molar-refractivity contribution in [1.82, 2.24) is 0 Å². The van der Waals surface area contributed by atoms with Crippen molar-refractivity contribution >= 4 is 44.0 Å². The summed E-state index contributed by atoms with van der Waals surface area (Å²) in [5.74, 6) is 0.125. The number of fused-ring (bicyclic) bond motifs is 1. The van der Waals surface area contributed by atoms with Crippen LogP contribution in [0.3, 0.4) is 0 Å². The number of thioether (sulfide) groups is 1. The Morgan fingerprint density at radius 2 is 1.50 bits per heavy atom. The van der Waals surface area contributed by atoms with Crippen LogP contribution in [0.25, 0.3) is 11.1 Å². The molecule has 32 heavy (non-hydrogen) atoms. The minimum atomic E-state index is -2.96. The normalized spacial score (nSPS) is 20.9. The van der Waals surface area contributed by atoms with Gasteiger partial charge in [-0.2, -0.15) is 0 Å². The number of nitrogens with one attached hydrogen (secondary N) is 2. The number of aliphatic imine (C=N–C) groups is 1. The van der Waals surface area contributed by atoms with Crippen molar-refractivity contribution in [2.45, 2.75) is 11.3 Å².